The molecule has 4 nitrogen and oxygen atoms in total. The predicted molar refractivity (Wildman–Crippen MR) is 81.8 cm³/mol. The number of rotatable bonds is 3. The van der Waals surface area contributed by atoms with Gasteiger partial charge in [0.15, 0.2) is 0 Å². The Kier molecular flexibility index (Phi) is 4.15. The van der Waals surface area contributed by atoms with E-state index in [1.54, 1.807) is 18.2 Å². The van der Waals surface area contributed by atoms with Gasteiger partial charge in [-0.15, -0.1) is 0 Å². The van der Waals surface area contributed by atoms with Crippen molar-refractivity contribution in [2.75, 3.05) is 11.1 Å². The maximum atomic E-state index is 13.8. The molecule has 104 valence electrons. The lowest BCUT2D eigenvalue weighted by atomic mass is 10.1. The van der Waals surface area contributed by atoms with Gasteiger partial charge in [-0.3, -0.25) is 4.79 Å². The fourth-order valence-electron chi connectivity index (χ4n) is 1.63. The van der Waals surface area contributed by atoms with Gasteiger partial charge in [0.05, 0.1) is 16.3 Å². The second kappa shape index (κ2) is 5.68. The molecular weight excluding hydrogens is 349 g/mol. The summed E-state index contributed by atoms with van der Waals surface area (Å²) >= 11 is 9.14. The number of amides is 1. The van der Waals surface area contributed by atoms with Crippen molar-refractivity contribution >= 4 is 50.5 Å². The van der Waals surface area contributed by atoms with E-state index in [0.29, 0.717) is 15.2 Å². The van der Waals surface area contributed by atoms with Crippen LogP contribution in [0.2, 0.25) is 5.02 Å². The Morgan fingerprint density at radius 2 is 2.00 bits per heavy atom. The highest BCUT2D eigenvalue weighted by atomic mass is 79.9. The molecule has 0 saturated carbocycles. The van der Waals surface area contributed by atoms with Crippen LogP contribution < -0.4 is 16.8 Å². The average molecular weight is 359 g/mol. The minimum Gasteiger partial charge on any atom is -0.398 e. The van der Waals surface area contributed by atoms with Crippen LogP contribution in [0.3, 0.4) is 0 Å². The van der Waals surface area contributed by atoms with E-state index >= 15 is 0 Å². The maximum Gasteiger partial charge on any atom is 0.250 e. The number of nitrogens with two attached hydrogens (primary N) is 2. The lowest BCUT2D eigenvalue weighted by Gasteiger charge is -2.11. The van der Waals surface area contributed by atoms with Crippen molar-refractivity contribution in [1.29, 1.82) is 0 Å². The molecule has 0 radical (unpaired) electrons. The van der Waals surface area contributed by atoms with Gasteiger partial charge in [0.25, 0.3) is 5.91 Å². The average Bonchev–Trinajstić information content (AvgIpc) is 2.36. The normalized spacial score (nSPS) is 10.3. The largest absolute Gasteiger partial charge is 0.398 e. The van der Waals surface area contributed by atoms with Crippen LogP contribution in [0, 0.1) is 5.82 Å². The molecule has 0 unspecified atom stereocenters. The summed E-state index contributed by atoms with van der Waals surface area (Å²) in [5.41, 5.74) is 11.5. The molecular formula is C13H10BrClFN3O. The van der Waals surface area contributed by atoms with Gasteiger partial charge in [-0.1, -0.05) is 11.6 Å². The van der Waals surface area contributed by atoms with Crippen LogP contribution in [-0.4, -0.2) is 5.91 Å². The van der Waals surface area contributed by atoms with Crippen molar-refractivity contribution in [3.63, 3.8) is 0 Å². The van der Waals surface area contributed by atoms with Gasteiger partial charge in [0, 0.05) is 15.8 Å². The molecule has 5 N–H and O–H groups in total. The maximum absolute atomic E-state index is 13.8. The number of anilines is 3. The zero-order chi connectivity index (χ0) is 14.9. The minimum absolute atomic E-state index is 0.00200. The van der Waals surface area contributed by atoms with Crippen molar-refractivity contribution in [1.82, 2.24) is 0 Å². The Morgan fingerprint density at radius 3 is 2.60 bits per heavy atom. The Balaban J connectivity index is 2.40. The Bertz CT molecular complexity index is 694. The van der Waals surface area contributed by atoms with Crippen LogP contribution in [0.4, 0.5) is 21.5 Å². The van der Waals surface area contributed by atoms with E-state index in [9.17, 15) is 9.18 Å². The number of halogens is 3. The van der Waals surface area contributed by atoms with Crippen molar-refractivity contribution < 1.29 is 9.18 Å². The van der Waals surface area contributed by atoms with Gasteiger partial charge >= 0.3 is 0 Å². The number of hydrogen-bond donors (Lipinski definition) is 3. The molecule has 0 aliphatic rings. The first-order valence-corrected chi connectivity index (χ1v) is 6.66. The van der Waals surface area contributed by atoms with Crippen LogP contribution in [0.15, 0.2) is 34.8 Å². The smallest absolute Gasteiger partial charge is 0.250 e. The zero-order valence-corrected chi connectivity index (χ0v) is 12.4. The molecule has 20 heavy (non-hydrogen) atoms. The second-order valence-electron chi connectivity index (χ2n) is 4.04. The van der Waals surface area contributed by atoms with Crippen LogP contribution in [-0.2, 0) is 0 Å². The van der Waals surface area contributed by atoms with E-state index in [4.69, 9.17) is 23.1 Å². The Morgan fingerprint density at radius 1 is 1.30 bits per heavy atom. The fourth-order valence-corrected chi connectivity index (χ4v) is 2.12. The highest BCUT2D eigenvalue weighted by Gasteiger charge is 2.12. The first-order chi connectivity index (χ1) is 9.38. The van der Waals surface area contributed by atoms with Crippen LogP contribution >= 0.6 is 27.5 Å². The number of primary amides is 1. The molecule has 1 amide bonds. The third-order valence-electron chi connectivity index (χ3n) is 2.60. The van der Waals surface area contributed by atoms with Gasteiger partial charge in [-0.2, -0.15) is 0 Å². The Hall–Kier alpha value is -1.79. The first-order valence-electron chi connectivity index (χ1n) is 5.49. The number of hydrogen-bond acceptors (Lipinski definition) is 3. The van der Waals surface area contributed by atoms with Gasteiger partial charge in [0.2, 0.25) is 0 Å². The first kappa shape index (κ1) is 14.6. The number of carbonyl (C=O) groups is 1. The van der Waals surface area contributed by atoms with Gasteiger partial charge in [-0.05, 0) is 46.3 Å². The molecule has 2 rings (SSSR count). The molecule has 2 aromatic carbocycles. The molecule has 0 aliphatic heterocycles. The third-order valence-corrected chi connectivity index (χ3v) is 3.82. The van der Waals surface area contributed by atoms with Gasteiger partial charge < -0.3 is 16.8 Å². The molecule has 7 heteroatoms. The number of nitrogens with one attached hydrogen (secondary N) is 1. The van der Waals surface area contributed by atoms with Gasteiger partial charge in [0.1, 0.15) is 5.82 Å². The molecule has 0 bridgehead atoms. The molecule has 0 saturated heterocycles. The monoisotopic (exact) mass is 357 g/mol. The van der Waals surface area contributed by atoms with E-state index in [1.165, 1.54) is 6.07 Å². The van der Waals surface area contributed by atoms with E-state index < -0.39 is 11.7 Å². The lowest BCUT2D eigenvalue weighted by Crippen LogP contribution is -2.14. The van der Waals surface area contributed by atoms with Crippen molar-refractivity contribution in [3.05, 3.63) is 51.2 Å². The lowest BCUT2D eigenvalue weighted by molar-refractivity contribution is 0.100. The van der Waals surface area contributed by atoms with E-state index in [0.717, 1.165) is 6.07 Å². The predicted octanol–water partition coefficient (Wildman–Crippen LogP) is 3.67. The molecule has 0 aliphatic carbocycles. The summed E-state index contributed by atoms with van der Waals surface area (Å²) in [4.78, 5) is 11.2. The van der Waals surface area contributed by atoms with E-state index in [1.807, 2.05) is 0 Å². The molecule has 0 atom stereocenters. The minimum atomic E-state index is -0.720. The molecule has 0 spiro atoms. The van der Waals surface area contributed by atoms with Gasteiger partial charge in [-0.25, -0.2) is 4.39 Å². The summed E-state index contributed by atoms with van der Waals surface area (Å²) in [5, 5.41) is 3.37. The summed E-state index contributed by atoms with van der Waals surface area (Å²) in [6.45, 7) is 0. The summed E-state index contributed by atoms with van der Waals surface area (Å²) in [7, 11) is 0. The summed E-state index contributed by atoms with van der Waals surface area (Å²) in [6, 6.07) is 7.33. The standard InChI is InChI=1S/C13H10BrClFN3O/c14-8-3-6(1-2-9(8)15)19-12-4-7(13(18)20)11(17)5-10(12)16/h1-5,19H,17H2,(H2,18,20). The summed E-state index contributed by atoms with van der Waals surface area (Å²) < 4.78 is 14.5. The van der Waals surface area contributed by atoms with Crippen molar-refractivity contribution in [2.45, 2.75) is 0 Å². The topological polar surface area (TPSA) is 81.1 Å². The van der Waals surface area contributed by atoms with E-state index in [2.05, 4.69) is 21.2 Å². The SMILES string of the molecule is NC(=O)c1cc(Nc2ccc(Cl)c(Br)c2)c(F)cc1N. The summed E-state index contributed by atoms with van der Waals surface area (Å²) in [5.74, 6) is -1.30. The number of carbonyl (C=O) groups excluding carboxylic acids is 1. The fraction of sp³-hybridized carbons (Fsp3) is 0. The highest BCUT2D eigenvalue weighted by Crippen LogP contribution is 2.29. The summed E-state index contributed by atoms with van der Waals surface area (Å²) in [6.07, 6.45) is 0. The Labute approximate surface area is 128 Å². The molecule has 0 aromatic heterocycles. The molecule has 0 fully saturated rings. The van der Waals surface area contributed by atoms with Crippen LogP contribution in [0.1, 0.15) is 10.4 Å². The van der Waals surface area contributed by atoms with Crippen molar-refractivity contribution in [3.8, 4) is 0 Å². The molecule has 2 aromatic rings. The van der Waals surface area contributed by atoms with Crippen LogP contribution in [0.25, 0.3) is 0 Å². The van der Waals surface area contributed by atoms with Crippen LogP contribution in [0.5, 0.6) is 0 Å². The highest BCUT2D eigenvalue weighted by molar-refractivity contribution is 9.10. The zero-order valence-electron chi connectivity index (χ0n) is 10.1. The third kappa shape index (κ3) is 3.02. The number of benzene rings is 2. The van der Waals surface area contributed by atoms with E-state index in [-0.39, 0.29) is 16.9 Å². The second-order valence-corrected chi connectivity index (χ2v) is 5.30. The van der Waals surface area contributed by atoms with Crippen molar-refractivity contribution in [2.24, 2.45) is 5.73 Å². The quantitative estimate of drug-likeness (QED) is 0.732. The number of nitrogen functional groups attached to an aromatic ring is 1. The molecule has 0 heterocycles.